The summed E-state index contributed by atoms with van der Waals surface area (Å²) in [5, 5.41) is 8.99. The zero-order valence-electron chi connectivity index (χ0n) is 11.9. The summed E-state index contributed by atoms with van der Waals surface area (Å²) in [6.45, 7) is 9.33. The van der Waals surface area contributed by atoms with E-state index in [1.165, 1.54) is 12.1 Å². The van der Waals surface area contributed by atoms with Gasteiger partial charge in [0.2, 0.25) is 0 Å². The van der Waals surface area contributed by atoms with Crippen molar-refractivity contribution in [3.05, 3.63) is 34.1 Å². The maximum Gasteiger partial charge on any atom is 0.124 e. The van der Waals surface area contributed by atoms with E-state index >= 15 is 0 Å². The number of rotatable bonds is 6. The van der Waals surface area contributed by atoms with Crippen LogP contribution in [0.1, 0.15) is 32.8 Å². The third kappa shape index (κ3) is 6.50. The van der Waals surface area contributed by atoms with Crippen molar-refractivity contribution >= 4 is 15.9 Å². The standard InChI is InChI=1S/C15H23BrFNO/c1-15(2,3)11-18(7-4-8-19)10-12-5-6-13(17)9-14(12)16/h5-6,9,19H,4,7-8,10-11H2,1-3H3. The summed E-state index contributed by atoms with van der Waals surface area (Å²) in [5.74, 6) is -0.228. The van der Waals surface area contributed by atoms with Gasteiger partial charge in [-0.3, -0.25) is 4.90 Å². The molecule has 1 N–H and O–H groups in total. The second-order valence-corrected chi connectivity index (χ2v) is 6.94. The van der Waals surface area contributed by atoms with E-state index in [1.54, 1.807) is 0 Å². The van der Waals surface area contributed by atoms with Gasteiger partial charge in [0.1, 0.15) is 5.82 Å². The van der Waals surface area contributed by atoms with Gasteiger partial charge in [-0.1, -0.05) is 42.8 Å². The maximum absolute atomic E-state index is 13.1. The highest BCUT2D eigenvalue weighted by atomic mass is 79.9. The summed E-state index contributed by atoms with van der Waals surface area (Å²) in [6, 6.07) is 4.80. The quantitative estimate of drug-likeness (QED) is 0.856. The van der Waals surface area contributed by atoms with Crippen LogP contribution in [0.5, 0.6) is 0 Å². The summed E-state index contributed by atoms with van der Waals surface area (Å²) in [6.07, 6.45) is 0.759. The topological polar surface area (TPSA) is 23.5 Å². The first-order valence-corrected chi connectivity index (χ1v) is 7.38. The van der Waals surface area contributed by atoms with Crippen molar-refractivity contribution in [1.82, 2.24) is 4.90 Å². The Balaban J connectivity index is 2.75. The molecule has 0 radical (unpaired) electrons. The molecular weight excluding hydrogens is 309 g/mol. The lowest BCUT2D eigenvalue weighted by Gasteiger charge is -2.30. The molecule has 0 aromatic heterocycles. The Morgan fingerprint density at radius 1 is 1.32 bits per heavy atom. The Labute approximate surface area is 123 Å². The van der Waals surface area contributed by atoms with Gasteiger partial charge in [0.15, 0.2) is 0 Å². The number of aliphatic hydroxyl groups excluding tert-OH is 1. The molecule has 0 aliphatic heterocycles. The fourth-order valence-electron chi connectivity index (χ4n) is 2.07. The first kappa shape index (κ1) is 16.6. The fourth-order valence-corrected chi connectivity index (χ4v) is 2.55. The van der Waals surface area contributed by atoms with Crippen molar-refractivity contribution in [2.45, 2.75) is 33.7 Å². The van der Waals surface area contributed by atoms with E-state index in [4.69, 9.17) is 5.11 Å². The minimum Gasteiger partial charge on any atom is -0.396 e. The zero-order chi connectivity index (χ0) is 14.5. The molecular formula is C15H23BrFNO. The Morgan fingerprint density at radius 2 is 2.00 bits per heavy atom. The molecule has 0 fully saturated rings. The Morgan fingerprint density at radius 3 is 2.53 bits per heavy atom. The van der Waals surface area contributed by atoms with Crippen LogP contribution in [0.3, 0.4) is 0 Å². The second kappa shape index (κ2) is 7.36. The van der Waals surface area contributed by atoms with Crippen molar-refractivity contribution in [3.63, 3.8) is 0 Å². The lowest BCUT2D eigenvalue weighted by Crippen LogP contribution is -2.33. The monoisotopic (exact) mass is 331 g/mol. The van der Waals surface area contributed by atoms with Crippen LogP contribution in [0.2, 0.25) is 0 Å². The largest absolute Gasteiger partial charge is 0.396 e. The summed E-state index contributed by atoms with van der Waals surface area (Å²) < 4.78 is 13.9. The highest BCUT2D eigenvalue weighted by Crippen LogP contribution is 2.22. The average Bonchev–Trinajstić information content (AvgIpc) is 2.27. The van der Waals surface area contributed by atoms with Gasteiger partial charge in [-0.25, -0.2) is 4.39 Å². The Kier molecular flexibility index (Phi) is 6.43. The summed E-state index contributed by atoms with van der Waals surface area (Å²) >= 11 is 3.41. The third-order valence-corrected chi connectivity index (χ3v) is 3.48. The van der Waals surface area contributed by atoms with Crippen molar-refractivity contribution in [1.29, 1.82) is 0 Å². The van der Waals surface area contributed by atoms with Gasteiger partial charge < -0.3 is 5.11 Å². The first-order chi connectivity index (χ1) is 8.81. The van der Waals surface area contributed by atoms with Crippen LogP contribution < -0.4 is 0 Å². The summed E-state index contributed by atoms with van der Waals surface area (Å²) in [4.78, 5) is 2.30. The van der Waals surface area contributed by atoms with Crippen molar-refractivity contribution in [2.24, 2.45) is 5.41 Å². The van der Waals surface area contributed by atoms with E-state index < -0.39 is 0 Å². The third-order valence-electron chi connectivity index (χ3n) is 2.74. The Bertz CT molecular complexity index is 404. The molecule has 0 unspecified atom stereocenters. The minimum atomic E-state index is -0.228. The number of benzene rings is 1. The van der Waals surface area contributed by atoms with Gasteiger partial charge in [-0.15, -0.1) is 0 Å². The molecule has 0 aliphatic carbocycles. The highest BCUT2D eigenvalue weighted by Gasteiger charge is 2.17. The number of halogens is 2. The van der Waals surface area contributed by atoms with Crippen LogP contribution in [0, 0.1) is 11.2 Å². The van der Waals surface area contributed by atoms with Gasteiger partial charge >= 0.3 is 0 Å². The van der Waals surface area contributed by atoms with Gasteiger partial charge in [0, 0.05) is 30.7 Å². The van der Waals surface area contributed by atoms with Gasteiger partial charge in [0.05, 0.1) is 0 Å². The van der Waals surface area contributed by atoms with E-state index in [-0.39, 0.29) is 17.8 Å². The molecule has 0 saturated carbocycles. The van der Waals surface area contributed by atoms with E-state index in [0.717, 1.165) is 36.1 Å². The van der Waals surface area contributed by atoms with Crippen LogP contribution in [-0.2, 0) is 6.54 Å². The van der Waals surface area contributed by atoms with Crippen LogP contribution >= 0.6 is 15.9 Å². The molecule has 0 bridgehead atoms. The van der Waals surface area contributed by atoms with E-state index in [1.807, 2.05) is 6.07 Å². The van der Waals surface area contributed by atoms with Crippen molar-refractivity contribution in [2.75, 3.05) is 19.7 Å². The highest BCUT2D eigenvalue weighted by molar-refractivity contribution is 9.10. The molecule has 1 aromatic rings. The molecule has 0 saturated heterocycles. The van der Waals surface area contributed by atoms with Crippen LogP contribution in [0.15, 0.2) is 22.7 Å². The SMILES string of the molecule is CC(C)(C)CN(CCCO)Cc1ccc(F)cc1Br. The number of hydrogen-bond acceptors (Lipinski definition) is 2. The molecule has 1 aromatic carbocycles. The maximum atomic E-state index is 13.1. The van der Waals surface area contributed by atoms with Gasteiger partial charge in [-0.2, -0.15) is 0 Å². The molecule has 19 heavy (non-hydrogen) atoms. The molecule has 0 amide bonds. The predicted molar refractivity (Wildman–Crippen MR) is 80.5 cm³/mol. The molecule has 108 valence electrons. The molecule has 2 nitrogen and oxygen atoms in total. The second-order valence-electron chi connectivity index (χ2n) is 6.08. The lowest BCUT2D eigenvalue weighted by molar-refractivity contribution is 0.166. The van der Waals surface area contributed by atoms with E-state index in [2.05, 4.69) is 41.6 Å². The van der Waals surface area contributed by atoms with Gasteiger partial charge in [-0.05, 0) is 29.5 Å². The molecule has 0 spiro atoms. The molecule has 1 rings (SSSR count). The fraction of sp³-hybridized carbons (Fsp3) is 0.600. The van der Waals surface area contributed by atoms with Crippen LogP contribution in [0.4, 0.5) is 4.39 Å². The zero-order valence-corrected chi connectivity index (χ0v) is 13.5. The van der Waals surface area contributed by atoms with Crippen LogP contribution in [0.25, 0.3) is 0 Å². The minimum absolute atomic E-state index is 0.196. The number of aliphatic hydroxyl groups is 1. The molecule has 0 heterocycles. The summed E-state index contributed by atoms with van der Waals surface area (Å²) in [7, 11) is 0. The Hall–Kier alpha value is -0.450. The predicted octanol–water partition coefficient (Wildman–Crippen LogP) is 3.82. The average molecular weight is 332 g/mol. The molecule has 0 atom stereocenters. The first-order valence-electron chi connectivity index (χ1n) is 6.59. The molecule has 0 aliphatic rings. The summed E-state index contributed by atoms with van der Waals surface area (Å²) in [5.41, 5.74) is 1.27. The van der Waals surface area contributed by atoms with E-state index in [9.17, 15) is 4.39 Å². The number of nitrogens with zero attached hydrogens (tertiary/aromatic N) is 1. The normalized spacial score (nSPS) is 12.2. The van der Waals surface area contributed by atoms with Crippen molar-refractivity contribution in [3.8, 4) is 0 Å². The molecule has 4 heteroatoms. The van der Waals surface area contributed by atoms with E-state index in [0.29, 0.717) is 0 Å². The lowest BCUT2D eigenvalue weighted by atomic mass is 9.95. The van der Waals surface area contributed by atoms with Crippen molar-refractivity contribution < 1.29 is 9.50 Å². The number of hydrogen-bond donors (Lipinski definition) is 1. The smallest absolute Gasteiger partial charge is 0.124 e. The van der Waals surface area contributed by atoms with Crippen LogP contribution in [-0.4, -0.2) is 29.7 Å². The van der Waals surface area contributed by atoms with Gasteiger partial charge in [0.25, 0.3) is 0 Å².